The summed E-state index contributed by atoms with van der Waals surface area (Å²) in [5.74, 6) is 0. The van der Waals surface area contributed by atoms with E-state index in [-0.39, 0.29) is 0 Å². The summed E-state index contributed by atoms with van der Waals surface area (Å²) in [6.45, 7) is 2.44. The van der Waals surface area contributed by atoms with Crippen molar-refractivity contribution in [3.63, 3.8) is 0 Å². The summed E-state index contributed by atoms with van der Waals surface area (Å²) < 4.78 is 2.53. The predicted molar refractivity (Wildman–Crippen MR) is 101 cm³/mol. The van der Waals surface area contributed by atoms with Gasteiger partial charge in [-0.3, -0.25) is 4.90 Å². The highest BCUT2D eigenvalue weighted by Crippen LogP contribution is 2.38. The summed E-state index contributed by atoms with van der Waals surface area (Å²) in [5.41, 5.74) is 4.46. The Morgan fingerprint density at radius 3 is 2.92 bits per heavy atom. The third-order valence-corrected chi connectivity index (χ3v) is 6.20. The lowest BCUT2D eigenvalue weighted by molar-refractivity contribution is 0.275. The molecule has 3 aliphatic rings. The maximum Gasteiger partial charge on any atom is 0.0517 e. The van der Waals surface area contributed by atoms with Crippen LogP contribution in [0.2, 0.25) is 0 Å². The predicted octanol–water partition coefficient (Wildman–Crippen LogP) is 5.17. The van der Waals surface area contributed by atoms with Crippen molar-refractivity contribution in [2.75, 3.05) is 13.1 Å². The third kappa shape index (κ3) is 2.36. The molecule has 1 aromatic heterocycles. The molecule has 2 atom stereocenters. The maximum absolute atomic E-state index is 2.66. The molecule has 5 rings (SSSR count). The van der Waals surface area contributed by atoms with Gasteiger partial charge in [0.05, 0.1) is 6.04 Å². The first-order valence-electron chi connectivity index (χ1n) is 9.60. The lowest BCUT2D eigenvalue weighted by Crippen LogP contribution is -2.32. The molecular formula is C22H26N2. The van der Waals surface area contributed by atoms with E-state index in [0.29, 0.717) is 6.04 Å². The molecule has 1 saturated heterocycles. The Morgan fingerprint density at radius 2 is 2.00 bits per heavy atom. The van der Waals surface area contributed by atoms with Gasteiger partial charge in [-0.05, 0) is 56.7 Å². The molecule has 1 aromatic carbocycles. The number of rotatable bonds is 2. The molecule has 0 amide bonds. The number of aromatic nitrogens is 1. The Kier molecular flexibility index (Phi) is 3.59. The first-order valence-corrected chi connectivity index (χ1v) is 9.60. The molecular weight excluding hydrogens is 292 g/mol. The highest BCUT2D eigenvalue weighted by atomic mass is 15.2. The van der Waals surface area contributed by atoms with Crippen LogP contribution in [-0.2, 0) is 0 Å². The van der Waals surface area contributed by atoms with E-state index >= 15 is 0 Å². The van der Waals surface area contributed by atoms with E-state index in [9.17, 15) is 0 Å². The minimum Gasteiger partial charge on any atom is -0.340 e. The second kappa shape index (κ2) is 5.93. The van der Waals surface area contributed by atoms with Crippen molar-refractivity contribution in [3.05, 3.63) is 54.3 Å². The van der Waals surface area contributed by atoms with Gasteiger partial charge in [0.2, 0.25) is 0 Å². The van der Waals surface area contributed by atoms with Crippen LogP contribution in [0.5, 0.6) is 0 Å². The van der Waals surface area contributed by atoms with Crippen LogP contribution >= 0.6 is 0 Å². The van der Waals surface area contributed by atoms with E-state index in [2.05, 4.69) is 58.2 Å². The van der Waals surface area contributed by atoms with Crippen molar-refractivity contribution >= 4 is 16.5 Å². The minimum absolute atomic E-state index is 0.532. The quantitative estimate of drug-likeness (QED) is 0.693. The van der Waals surface area contributed by atoms with Gasteiger partial charge in [0.1, 0.15) is 0 Å². The molecule has 24 heavy (non-hydrogen) atoms. The minimum atomic E-state index is 0.532. The van der Waals surface area contributed by atoms with Crippen molar-refractivity contribution in [2.24, 2.45) is 0 Å². The average molecular weight is 318 g/mol. The highest BCUT2D eigenvalue weighted by Gasteiger charge is 2.29. The molecule has 3 heterocycles. The first kappa shape index (κ1) is 14.5. The molecule has 0 bridgehead atoms. The maximum atomic E-state index is 2.66. The summed E-state index contributed by atoms with van der Waals surface area (Å²) in [5, 5.41) is 1.44. The molecule has 0 spiro atoms. The van der Waals surface area contributed by atoms with E-state index < -0.39 is 0 Å². The topological polar surface area (TPSA) is 8.17 Å². The average Bonchev–Trinajstić information content (AvgIpc) is 3.26. The smallest absolute Gasteiger partial charge is 0.0517 e. The van der Waals surface area contributed by atoms with Crippen LogP contribution in [0.1, 0.15) is 50.1 Å². The molecule has 2 unspecified atom stereocenters. The van der Waals surface area contributed by atoms with Crippen LogP contribution in [0.3, 0.4) is 0 Å². The molecule has 0 saturated carbocycles. The number of hydrogen-bond donors (Lipinski definition) is 0. The van der Waals surface area contributed by atoms with Gasteiger partial charge in [0.15, 0.2) is 0 Å². The highest BCUT2D eigenvalue weighted by molar-refractivity contribution is 5.93. The normalized spacial score (nSPS) is 27.4. The fourth-order valence-corrected chi connectivity index (χ4v) is 4.91. The van der Waals surface area contributed by atoms with Crippen molar-refractivity contribution in [2.45, 2.75) is 50.6 Å². The van der Waals surface area contributed by atoms with Crippen molar-refractivity contribution in [3.8, 4) is 0 Å². The van der Waals surface area contributed by atoms with E-state index in [1.54, 1.807) is 5.57 Å². The summed E-state index contributed by atoms with van der Waals surface area (Å²) >= 11 is 0. The first-order chi connectivity index (χ1) is 11.9. The monoisotopic (exact) mass is 318 g/mol. The zero-order chi connectivity index (χ0) is 15.9. The number of benzene rings is 1. The molecule has 2 nitrogen and oxygen atoms in total. The van der Waals surface area contributed by atoms with Gasteiger partial charge in [-0.15, -0.1) is 0 Å². The molecule has 1 fully saturated rings. The molecule has 2 heteroatoms. The van der Waals surface area contributed by atoms with E-state index in [4.69, 9.17) is 0 Å². The fourth-order valence-electron chi connectivity index (χ4n) is 4.91. The van der Waals surface area contributed by atoms with Crippen molar-refractivity contribution in [1.29, 1.82) is 0 Å². The van der Waals surface area contributed by atoms with Crippen LogP contribution < -0.4 is 0 Å². The Hall–Kier alpha value is -1.80. The molecule has 0 radical (unpaired) electrons. The Labute approximate surface area is 144 Å². The lowest BCUT2D eigenvalue weighted by Gasteiger charge is -2.29. The second-order valence-corrected chi connectivity index (χ2v) is 7.62. The molecule has 2 aromatic rings. The van der Waals surface area contributed by atoms with Crippen LogP contribution in [0.25, 0.3) is 16.5 Å². The number of nitrogens with zero attached hydrogens (tertiary/aromatic N) is 2. The number of allylic oxidation sites excluding steroid dienone is 2. The fraction of sp³-hybridized carbons (Fsp3) is 0.455. The zero-order valence-corrected chi connectivity index (χ0v) is 14.3. The summed E-state index contributed by atoms with van der Waals surface area (Å²) in [6, 6.07) is 10.3. The number of hydrogen-bond acceptors (Lipinski definition) is 1. The number of para-hydroxylation sites is 1. The summed E-state index contributed by atoms with van der Waals surface area (Å²) in [6.07, 6.45) is 17.5. The zero-order valence-electron chi connectivity index (χ0n) is 14.3. The van der Waals surface area contributed by atoms with Crippen LogP contribution in [-0.4, -0.2) is 28.6 Å². The van der Waals surface area contributed by atoms with Gasteiger partial charge in [-0.1, -0.05) is 36.4 Å². The van der Waals surface area contributed by atoms with Crippen LogP contribution in [0.4, 0.5) is 0 Å². The van der Waals surface area contributed by atoms with Crippen molar-refractivity contribution < 1.29 is 0 Å². The Morgan fingerprint density at radius 1 is 1.04 bits per heavy atom. The van der Waals surface area contributed by atoms with Crippen LogP contribution in [0.15, 0.2) is 48.7 Å². The molecule has 1 aliphatic carbocycles. The van der Waals surface area contributed by atoms with E-state index in [0.717, 1.165) is 12.6 Å². The van der Waals surface area contributed by atoms with Crippen molar-refractivity contribution in [1.82, 2.24) is 9.47 Å². The number of fused-ring (bicyclic) bond motifs is 2. The van der Waals surface area contributed by atoms with E-state index in [1.807, 2.05) is 0 Å². The third-order valence-electron chi connectivity index (χ3n) is 6.20. The molecule has 124 valence electrons. The van der Waals surface area contributed by atoms with Gasteiger partial charge in [0, 0.05) is 35.2 Å². The van der Waals surface area contributed by atoms with Gasteiger partial charge >= 0.3 is 0 Å². The second-order valence-electron chi connectivity index (χ2n) is 7.62. The van der Waals surface area contributed by atoms with Gasteiger partial charge < -0.3 is 4.57 Å². The Bertz CT molecular complexity index is 810. The SMILES string of the molecule is C1=CC(n2cc(C3=CCN4CCCC4C3)c3ccccc32)CCC1. The van der Waals surface area contributed by atoms with Gasteiger partial charge in [-0.2, -0.15) is 0 Å². The molecule has 2 aliphatic heterocycles. The summed E-state index contributed by atoms with van der Waals surface area (Å²) in [7, 11) is 0. The standard InChI is InChI=1S/C22H26N2/c1-2-7-18(8-3-1)24-16-21(20-10-4-5-11-22(20)24)17-12-14-23-13-6-9-19(23)15-17/h2,4-5,7,10-12,16,18-19H,1,3,6,8-9,13-15H2. The van der Waals surface area contributed by atoms with Gasteiger partial charge in [-0.25, -0.2) is 0 Å². The van der Waals surface area contributed by atoms with Crippen LogP contribution in [0, 0.1) is 0 Å². The van der Waals surface area contributed by atoms with Gasteiger partial charge in [0.25, 0.3) is 0 Å². The lowest BCUT2D eigenvalue weighted by atomic mass is 9.94. The molecule has 0 N–H and O–H groups in total. The Balaban J connectivity index is 1.59. The van der Waals surface area contributed by atoms with E-state index in [1.165, 1.54) is 61.5 Å². The summed E-state index contributed by atoms with van der Waals surface area (Å²) in [4.78, 5) is 2.66. The largest absolute Gasteiger partial charge is 0.340 e.